The van der Waals surface area contributed by atoms with E-state index in [1.165, 1.54) is 19.2 Å². The SMILES string of the molecule is CN(CC(=O)O)C(=O)c1ccc(CO)c(F)c1. The summed E-state index contributed by atoms with van der Waals surface area (Å²) < 4.78 is 13.3. The minimum Gasteiger partial charge on any atom is -0.480 e. The smallest absolute Gasteiger partial charge is 0.323 e. The number of amides is 1. The Kier molecular flexibility index (Phi) is 4.17. The van der Waals surface area contributed by atoms with Crippen molar-refractivity contribution in [2.24, 2.45) is 0 Å². The molecule has 0 spiro atoms. The monoisotopic (exact) mass is 241 g/mol. The lowest BCUT2D eigenvalue weighted by molar-refractivity contribution is -0.137. The van der Waals surface area contributed by atoms with E-state index in [9.17, 15) is 14.0 Å². The number of carboxylic acids is 1. The third kappa shape index (κ3) is 3.25. The quantitative estimate of drug-likeness (QED) is 0.803. The molecular formula is C11H12FNO4. The molecule has 1 rings (SSSR count). The van der Waals surface area contributed by atoms with Crippen molar-refractivity contribution in [3.8, 4) is 0 Å². The number of carbonyl (C=O) groups excluding carboxylic acids is 1. The molecule has 5 nitrogen and oxygen atoms in total. The van der Waals surface area contributed by atoms with Gasteiger partial charge < -0.3 is 15.1 Å². The van der Waals surface area contributed by atoms with Gasteiger partial charge in [-0.05, 0) is 12.1 Å². The standard InChI is InChI=1S/C11H12FNO4/c1-13(5-10(15)16)11(17)7-2-3-8(6-14)9(12)4-7/h2-4,14H,5-6H2,1H3,(H,15,16). The molecule has 1 amide bonds. The molecule has 0 fully saturated rings. The van der Waals surface area contributed by atoms with Crippen LogP contribution in [0.1, 0.15) is 15.9 Å². The van der Waals surface area contributed by atoms with Crippen LogP contribution in [0.25, 0.3) is 0 Å². The molecule has 0 aliphatic carbocycles. The second-order valence-corrected chi connectivity index (χ2v) is 3.52. The highest BCUT2D eigenvalue weighted by atomic mass is 19.1. The first-order valence-electron chi connectivity index (χ1n) is 4.82. The minimum absolute atomic E-state index is 0.0449. The molecular weight excluding hydrogens is 229 g/mol. The van der Waals surface area contributed by atoms with E-state index in [-0.39, 0.29) is 11.1 Å². The van der Waals surface area contributed by atoms with Crippen molar-refractivity contribution >= 4 is 11.9 Å². The highest BCUT2D eigenvalue weighted by molar-refractivity contribution is 5.95. The lowest BCUT2D eigenvalue weighted by Gasteiger charge is -2.14. The zero-order valence-electron chi connectivity index (χ0n) is 9.18. The molecule has 17 heavy (non-hydrogen) atoms. The number of aliphatic hydroxyl groups excluding tert-OH is 1. The van der Waals surface area contributed by atoms with E-state index in [0.717, 1.165) is 11.0 Å². The van der Waals surface area contributed by atoms with Crippen molar-refractivity contribution in [2.75, 3.05) is 13.6 Å². The van der Waals surface area contributed by atoms with E-state index in [2.05, 4.69) is 0 Å². The highest BCUT2D eigenvalue weighted by Gasteiger charge is 2.15. The van der Waals surface area contributed by atoms with Crippen LogP contribution in [0.2, 0.25) is 0 Å². The lowest BCUT2D eigenvalue weighted by Crippen LogP contribution is -2.32. The molecule has 6 heteroatoms. The van der Waals surface area contributed by atoms with E-state index in [4.69, 9.17) is 10.2 Å². The van der Waals surface area contributed by atoms with Crippen LogP contribution < -0.4 is 0 Å². The molecule has 1 aromatic rings. The topological polar surface area (TPSA) is 77.8 Å². The van der Waals surface area contributed by atoms with Crippen LogP contribution in [-0.4, -0.2) is 40.6 Å². The van der Waals surface area contributed by atoms with Crippen LogP contribution in [0.4, 0.5) is 4.39 Å². The predicted molar refractivity (Wildman–Crippen MR) is 56.9 cm³/mol. The number of halogens is 1. The van der Waals surface area contributed by atoms with E-state index in [0.29, 0.717) is 0 Å². The number of nitrogens with zero attached hydrogens (tertiary/aromatic N) is 1. The molecule has 0 bridgehead atoms. The van der Waals surface area contributed by atoms with Gasteiger partial charge in [0.05, 0.1) is 6.61 Å². The number of carboxylic acid groups (broad SMARTS) is 1. The van der Waals surface area contributed by atoms with Gasteiger partial charge in [-0.25, -0.2) is 4.39 Å². The van der Waals surface area contributed by atoms with Gasteiger partial charge in [0.15, 0.2) is 0 Å². The number of aliphatic carboxylic acids is 1. The molecule has 0 saturated carbocycles. The average molecular weight is 241 g/mol. The van der Waals surface area contributed by atoms with Gasteiger partial charge in [-0.15, -0.1) is 0 Å². The van der Waals surface area contributed by atoms with Crippen molar-refractivity contribution in [1.82, 2.24) is 4.90 Å². The maximum atomic E-state index is 13.3. The zero-order chi connectivity index (χ0) is 13.0. The fraction of sp³-hybridized carbons (Fsp3) is 0.273. The molecule has 0 aromatic heterocycles. The summed E-state index contributed by atoms with van der Waals surface area (Å²) in [6, 6.07) is 3.61. The summed E-state index contributed by atoms with van der Waals surface area (Å²) in [6.07, 6.45) is 0. The van der Waals surface area contributed by atoms with E-state index < -0.39 is 30.8 Å². The average Bonchev–Trinajstić information content (AvgIpc) is 2.27. The maximum absolute atomic E-state index is 13.3. The fourth-order valence-corrected chi connectivity index (χ4v) is 1.30. The zero-order valence-corrected chi connectivity index (χ0v) is 9.18. The summed E-state index contributed by atoms with van der Waals surface area (Å²) in [5.41, 5.74) is 0.130. The Labute approximate surface area is 97.1 Å². The van der Waals surface area contributed by atoms with Gasteiger partial charge in [0.1, 0.15) is 12.4 Å². The molecule has 0 unspecified atom stereocenters. The first-order valence-corrected chi connectivity index (χ1v) is 4.82. The molecule has 0 aliphatic rings. The third-order valence-electron chi connectivity index (χ3n) is 2.19. The molecule has 2 N–H and O–H groups in total. The first-order chi connectivity index (χ1) is 7.95. The van der Waals surface area contributed by atoms with Crippen LogP contribution in [0.5, 0.6) is 0 Å². The summed E-state index contributed by atoms with van der Waals surface area (Å²) in [5, 5.41) is 17.3. The van der Waals surface area contributed by atoms with Crippen molar-refractivity contribution in [2.45, 2.75) is 6.61 Å². The van der Waals surface area contributed by atoms with Crippen molar-refractivity contribution in [3.63, 3.8) is 0 Å². The Bertz CT molecular complexity index is 447. The van der Waals surface area contributed by atoms with Crippen LogP contribution in [0.3, 0.4) is 0 Å². The number of rotatable bonds is 4. The molecule has 0 atom stereocenters. The van der Waals surface area contributed by atoms with Gasteiger partial charge in [-0.1, -0.05) is 6.07 Å². The van der Waals surface area contributed by atoms with Crippen LogP contribution >= 0.6 is 0 Å². The Hall–Kier alpha value is -1.95. The number of aliphatic hydroxyl groups is 1. The van der Waals surface area contributed by atoms with Crippen LogP contribution in [0, 0.1) is 5.82 Å². The van der Waals surface area contributed by atoms with Gasteiger partial charge in [0.2, 0.25) is 0 Å². The van der Waals surface area contributed by atoms with Gasteiger partial charge in [0.25, 0.3) is 5.91 Å². The van der Waals surface area contributed by atoms with Crippen LogP contribution in [-0.2, 0) is 11.4 Å². The van der Waals surface area contributed by atoms with Crippen molar-refractivity contribution < 1.29 is 24.2 Å². The van der Waals surface area contributed by atoms with Gasteiger partial charge in [-0.2, -0.15) is 0 Å². The summed E-state index contributed by atoms with van der Waals surface area (Å²) in [5.74, 6) is -2.42. The summed E-state index contributed by atoms with van der Waals surface area (Å²) in [4.78, 5) is 23.0. The first kappa shape index (κ1) is 13.1. The van der Waals surface area contributed by atoms with E-state index >= 15 is 0 Å². The molecule has 0 heterocycles. The summed E-state index contributed by atoms with van der Waals surface area (Å²) in [6.45, 7) is -0.909. The Balaban J connectivity index is 2.89. The predicted octanol–water partition coefficient (Wildman–Crippen LogP) is 0.475. The largest absolute Gasteiger partial charge is 0.480 e. The van der Waals surface area contributed by atoms with Gasteiger partial charge in [0, 0.05) is 18.2 Å². The second-order valence-electron chi connectivity index (χ2n) is 3.52. The molecule has 92 valence electrons. The Morgan fingerprint density at radius 3 is 2.53 bits per heavy atom. The normalized spacial score (nSPS) is 10.1. The molecule has 1 aromatic carbocycles. The number of hydrogen-bond donors (Lipinski definition) is 2. The van der Waals surface area contributed by atoms with E-state index in [1.54, 1.807) is 0 Å². The van der Waals surface area contributed by atoms with Gasteiger partial charge in [-0.3, -0.25) is 9.59 Å². The highest BCUT2D eigenvalue weighted by Crippen LogP contribution is 2.12. The minimum atomic E-state index is -1.15. The number of hydrogen-bond acceptors (Lipinski definition) is 3. The van der Waals surface area contributed by atoms with Gasteiger partial charge >= 0.3 is 5.97 Å². The van der Waals surface area contributed by atoms with Crippen molar-refractivity contribution in [1.29, 1.82) is 0 Å². The maximum Gasteiger partial charge on any atom is 0.323 e. The van der Waals surface area contributed by atoms with E-state index in [1.807, 2.05) is 0 Å². The number of carbonyl (C=O) groups is 2. The number of likely N-dealkylation sites (N-methyl/N-ethyl adjacent to an activating group) is 1. The van der Waals surface area contributed by atoms with Crippen molar-refractivity contribution in [3.05, 3.63) is 35.1 Å². The Morgan fingerprint density at radius 2 is 2.06 bits per heavy atom. The summed E-state index contributed by atoms with van der Waals surface area (Å²) >= 11 is 0. The summed E-state index contributed by atoms with van der Waals surface area (Å²) in [7, 11) is 1.31. The Morgan fingerprint density at radius 1 is 1.41 bits per heavy atom. The van der Waals surface area contributed by atoms with Crippen LogP contribution in [0.15, 0.2) is 18.2 Å². The lowest BCUT2D eigenvalue weighted by atomic mass is 10.1. The molecule has 0 radical (unpaired) electrons. The molecule has 0 saturated heterocycles. The molecule has 0 aliphatic heterocycles. The fourth-order valence-electron chi connectivity index (χ4n) is 1.30. The third-order valence-corrected chi connectivity index (χ3v) is 2.19. The second kappa shape index (κ2) is 5.40. The number of benzene rings is 1.